The van der Waals surface area contributed by atoms with Gasteiger partial charge in [-0.05, 0) is 12.1 Å². The van der Waals surface area contributed by atoms with Crippen molar-refractivity contribution in [2.24, 2.45) is 5.73 Å². The SMILES string of the molecule is COCC(N)CN(C)c1ccc(C(F)(F)F)nn1. The smallest absolute Gasteiger partial charge is 0.383 e. The zero-order chi connectivity index (χ0) is 13.8. The van der Waals surface area contributed by atoms with Crippen molar-refractivity contribution in [1.82, 2.24) is 10.2 Å². The molecule has 2 N–H and O–H groups in total. The fourth-order valence-corrected chi connectivity index (χ4v) is 1.39. The minimum atomic E-state index is -4.48. The Balaban J connectivity index is 2.67. The number of halogens is 3. The van der Waals surface area contributed by atoms with E-state index in [0.29, 0.717) is 19.0 Å². The zero-order valence-corrected chi connectivity index (χ0v) is 10.1. The zero-order valence-electron chi connectivity index (χ0n) is 10.1. The Labute approximate surface area is 103 Å². The summed E-state index contributed by atoms with van der Waals surface area (Å²) in [6, 6.07) is 1.90. The third-order valence-corrected chi connectivity index (χ3v) is 2.22. The van der Waals surface area contributed by atoms with Gasteiger partial charge < -0.3 is 15.4 Å². The van der Waals surface area contributed by atoms with Crippen LogP contribution in [0, 0.1) is 0 Å². The lowest BCUT2D eigenvalue weighted by molar-refractivity contribution is -0.141. The van der Waals surface area contributed by atoms with Crippen molar-refractivity contribution in [1.29, 1.82) is 0 Å². The topological polar surface area (TPSA) is 64.3 Å². The van der Waals surface area contributed by atoms with Gasteiger partial charge in [0.05, 0.1) is 6.61 Å². The Bertz CT molecular complexity index is 368. The lowest BCUT2D eigenvalue weighted by atomic mass is 10.3. The molecule has 1 aromatic heterocycles. The second kappa shape index (κ2) is 5.96. The summed E-state index contributed by atoms with van der Waals surface area (Å²) in [7, 11) is 3.20. The molecule has 0 fully saturated rings. The monoisotopic (exact) mass is 264 g/mol. The van der Waals surface area contributed by atoms with Gasteiger partial charge in [-0.1, -0.05) is 0 Å². The van der Waals surface area contributed by atoms with Gasteiger partial charge in [0.25, 0.3) is 0 Å². The summed E-state index contributed by atoms with van der Waals surface area (Å²) in [6.07, 6.45) is -4.48. The molecule has 0 spiro atoms. The van der Waals surface area contributed by atoms with Crippen LogP contribution >= 0.6 is 0 Å². The molecule has 1 rings (SSSR count). The number of alkyl halides is 3. The first-order valence-electron chi connectivity index (χ1n) is 5.21. The molecular weight excluding hydrogens is 249 g/mol. The molecule has 5 nitrogen and oxygen atoms in total. The molecule has 1 aromatic rings. The van der Waals surface area contributed by atoms with Gasteiger partial charge in [-0.25, -0.2) is 0 Å². The summed E-state index contributed by atoms with van der Waals surface area (Å²) >= 11 is 0. The number of aromatic nitrogens is 2. The third-order valence-electron chi connectivity index (χ3n) is 2.22. The van der Waals surface area contributed by atoms with E-state index in [0.717, 1.165) is 6.07 Å². The number of ether oxygens (including phenoxy) is 1. The summed E-state index contributed by atoms with van der Waals surface area (Å²) in [5.74, 6) is 0.328. The Kier molecular flexibility index (Phi) is 4.85. The predicted molar refractivity (Wildman–Crippen MR) is 60.2 cm³/mol. The summed E-state index contributed by atoms with van der Waals surface area (Å²) in [6.45, 7) is 0.770. The highest BCUT2D eigenvalue weighted by Crippen LogP contribution is 2.27. The Hall–Kier alpha value is -1.41. The first kappa shape index (κ1) is 14.7. The Morgan fingerprint density at radius 3 is 2.50 bits per heavy atom. The minimum absolute atomic E-state index is 0.246. The van der Waals surface area contributed by atoms with Crippen molar-refractivity contribution in [2.45, 2.75) is 12.2 Å². The van der Waals surface area contributed by atoms with Crippen molar-refractivity contribution in [2.75, 3.05) is 32.2 Å². The van der Waals surface area contributed by atoms with Crippen LogP contribution in [0.1, 0.15) is 5.69 Å². The number of likely N-dealkylation sites (N-methyl/N-ethyl adjacent to an activating group) is 1. The van der Waals surface area contributed by atoms with Gasteiger partial charge in [0.2, 0.25) is 0 Å². The second-order valence-corrected chi connectivity index (χ2v) is 3.87. The van der Waals surface area contributed by atoms with Crippen molar-refractivity contribution in [3.05, 3.63) is 17.8 Å². The van der Waals surface area contributed by atoms with Crippen molar-refractivity contribution < 1.29 is 17.9 Å². The van der Waals surface area contributed by atoms with Crippen LogP contribution in [0.4, 0.5) is 19.0 Å². The maximum atomic E-state index is 12.3. The van der Waals surface area contributed by atoms with Crippen LogP contribution in [0.5, 0.6) is 0 Å². The molecule has 18 heavy (non-hydrogen) atoms. The Morgan fingerprint density at radius 1 is 1.39 bits per heavy atom. The van der Waals surface area contributed by atoms with Gasteiger partial charge in [0.15, 0.2) is 11.5 Å². The average molecular weight is 264 g/mol. The molecule has 102 valence electrons. The van der Waals surface area contributed by atoms with Crippen molar-refractivity contribution in [3.63, 3.8) is 0 Å². The van der Waals surface area contributed by atoms with E-state index in [1.165, 1.54) is 13.2 Å². The number of rotatable bonds is 5. The van der Waals surface area contributed by atoms with Gasteiger partial charge in [0.1, 0.15) is 0 Å². The maximum absolute atomic E-state index is 12.3. The van der Waals surface area contributed by atoms with Crippen LogP contribution < -0.4 is 10.6 Å². The summed E-state index contributed by atoms with van der Waals surface area (Å²) in [4.78, 5) is 1.62. The fraction of sp³-hybridized carbons (Fsp3) is 0.600. The maximum Gasteiger partial charge on any atom is 0.435 e. The highest BCUT2D eigenvalue weighted by atomic mass is 19.4. The molecule has 0 amide bonds. The predicted octanol–water partition coefficient (Wildman–Crippen LogP) is 0.905. The summed E-state index contributed by atoms with van der Waals surface area (Å²) < 4.78 is 41.7. The average Bonchev–Trinajstić information content (AvgIpc) is 2.28. The van der Waals surface area contributed by atoms with E-state index in [4.69, 9.17) is 10.5 Å². The number of methoxy groups -OCH3 is 1. The van der Waals surface area contributed by atoms with E-state index in [2.05, 4.69) is 10.2 Å². The van der Waals surface area contributed by atoms with Crippen molar-refractivity contribution >= 4 is 5.82 Å². The lowest BCUT2D eigenvalue weighted by Crippen LogP contribution is -2.38. The van der Waals surface area contributed by atoms with Crippen LogP contribution in [-0.2, 0) is 10.9 Å². The van der Waals surface area contributed by atoms with Gasteiger partial charge in [-0.2, -0.15) is 13.2 Å². The van der Waals surface area contributed by atoms with Gasteiger partial charge in [0, 0.05) is 26.7 Å². The highest BCUT2D eigenvalue weighted by molar-refractivity contribution is 5.36. The number of anilines is 1. The van der Waals surface area contributed by atoms with Gasteiger partial charge in [-0.15, -0.1) is 10.2 Å². The van der Waals surface area contributed by atoms with Gasteiger partial charge >= 0.3 is 6.18 Å². The minimum Gasteiger partial charge on any atom is -0.383 e. The van der Waals surface area contributed by atoms with E-state index in [1.54, 1.807) is 11.9 Å². The molecule has 0 radical (unpaired) electrons. The third kappa shape index (κ3) is 4.11. The molecule has 0 aliphatic rings. The number of hydrogen-bond donors (Lipinski definition) is 1. The molecule has 0 aromatic carbocycles. The second-order valence-electron chi connectivity index (χ2n) is 3.87. The van der Waals surface area contributed by atoms with Crippen LogP contribution in [-0.4, -0.2) is 43.5 Å². The summed E-state index contributed by atoms with van der Waals surface area (Å²) in [5, 5.41) is 6.65. The molecule has 8 heteroatoms. The largest absolute Gasteiger partial charge is 0.435 e. The fourth-order valence-electron chi connectivity index (χ4n) is 1.39. The Morgan fingerprint density at radius 2 is 2.06 bits per heavy atom. The van der Waals surface area contributed by atoms with E-state index in [9.17, 15) is 13.2 Å². The van der Waals surface area contributed by atoms with E-state index in [-0.39, 0.29) is 6.04 Å². The van der Waals surface area contributed by atoms with Gasteiger partial charge in [-0.3, -0.25) is 0 Å². The van der Waals surface area contributed by atoms with E-state index < -0.39 is 11.9 Å². The van der Waals surface area contributed by atoms with E-state index >= 15 is 0 Å². The summed E-state index contributed by atoms with van der Waals surface area (Å²) in [5.41, 5.74) is 4.71. The van der Waals surface area contributed by atoms with Crippen LogP contribution in [0.25, 0.3) is 0 Å². The molecule has 0 saturated heterocycles. The molecule has 0 bridgehead atoms. The molecule has 1 heterocycles. The van der Waals surface area contributed by atoms with E-state index in [1.807, 2.05) is 0 Å². The molecule has 0 aliphatic carbocycles. The normalized spacial score (nSPS) is 13.4. The quantitative estimate of drug-likeness (QED) is 0.856. The molecule has 1 atom stereocenters. The molecule has 0 saturated carbocycles. The molecule has 1 unspecified atom stereocenters. The highest BCUT2D eigenvalue weighted by Gasteiger charge is 2.33. The lowest BCUT2D eigenvalue weighted by Gasteiger charge is -2.21. The number of hydrogen-bond acceptors (Lipinski definition) is 5. The first-order valence-corrected chi connectivity index (χ1v) is 5.21. The number of nitrogens with two attached hydrogens (primary N) is 1. The number of nitrogens with zero attached hydrogens (tertiary/aromatic N) is 3. The van der Waals surface area contributed by atoms with Crippen molar-refractivity contribution in [3.8, 4) is 0 Å². The molecular formula is C10H15F3N4O. The molecule has 0 aliphatic heterocycles. The first-order chi connectivity index (χ1) is 8.34. The van der Waals surface area contributed by atoms with Crippen LogP contribution in [0.15, 0.2) is 12.1 Å². The van der Waals surface area contributed by atoms with Crippen LogP contribution in [0.3, 0.4) is 0 Å². The standard InChI is InChI=1S/C10H15F3N4O/c1-17(5-7(14)6-18-2)9-4-3-8(15-16-9)10(11,12)13/h3-4,7H,5-6,14H2,1-2H3. The van der Waals surface area contributed by atoms with Crippen LogP contribution in [0.2, 0.25) is 0 Å².